The number of carbonyl (C=O) groups is 1. The number of aromatic amines is 1. The van der Waals surface area contributed by atoms with E-state index in [1.807, 2.05) is 13.8 Å². The fourth-order valence-electron chi connectivity index (χ4n) is 2.07. The standard InChI is InChI=1S/C11H18N4O/c1-7-8(2)14-15-9(7)13-10(16)11(12)5-3-4-6-11/h3-6,12H2,1-2H3,(H2,13,14,15,16). The smallest absolute Gasteiger partial charge is 0.245 e. The van der Waals surface area contributed by atoms with Gasteiger partial charge in [0.05, 0.1) is 5.54 Å². The molecule has 5 nitrogen and oxygen atoms in total. The Kier molecular flexibility index (Phi) is 2.71. The van der Waals surface area contributed by atoms with Crippen molar-refractivity contribution < 1.29 is 4.79 Å². The lowest BCUT2D eigenvalue weighted by Crippen LogP contribution is -2.48. The molecular weight excluding hydrogens is 204 g/mol. The molecule has 1 aromatic rings. The van der Waals surface area contributed by atoms with Crippen molar-refractivity contribution in [3.05, 3.63) is 11.3 Å². The van der Waals surface area contributed by atoms with Crippen molar-refractivity contribution in [2.75, 3.05) is 5.32 Å². The summed E-state index contributed by atoms with van der Waals surface area (Å²) in [6.45, 7) is 3.85. The van der Waals surface area contributed by atoms with E-state index in [-0.39, 0.29) is 5.91 Å². The first kappa shape index (κ1) is 11.1. The van der Waals surface area contributed by atoms with Gasteiger partial charge in [0.2, 0.25) is 5.91 Å². The summed E-state index contributed by atoms with van der Waals surface area (Å²) in [5, 5.41) is 9.69. The second-order valence-electron chi connectivity index (χ2n) is 4.64. The molecule has 0 aliphatic heterocycles. The molecule has 0 spiro atoms. The monoisotopic (exact) mass is 222 g/mol. The summed E-state index contributed by atoms with van der Waals surface area (Å²) in [4.78, 5) is 12.0. The number of nitrogens with zero attached hydrogens (tertiary/aromatic N) is 1. The Morgan fingerprint density at radius 3 is 2.56 bits per heavy atom. The van der Waals surface area contributed by atoms with Crippen LogP contribution in [0.5, 0.6) is 0 Å². The van der Waals surface area contributed by atoms with E-state index in [1.54, 1.807) is 0 Å². The molecule has 0 bridgehead atoms. The van der Waals surface area contributed by atoms with E-state index in [4.69, 9.17) is 5.73 Å². The Morgan fingerprint density at radius 2 is 2.06 bits per heavy atom. The molecule has 0 aromatic carbocycles. The van der Waals surface area contributed by atoms with E-state index in [2.05, 4.69) is 15.5 Å². The van der Waals surface area contributed by atoms with Crippen molar-refractivity contribution in [3.8, 4) is 0 Å². The third kappa shape index (κ3) is 1.82. The van der Waals surface area contributed by atoms with Gasteiger partial charge < -0.3 is 11.1 Å². The van der Waals surface area contributed by atoms with Crippen LogP contribution in [-0.4, -0.2) is 21.6 Å². The van der Waals surface area contributed by atoms with Crippen molar-refractivity contribution >= 4 is 11.7 Å². The summed E-state index contributed by atoms with van der Waals surface area (Å²) in [5.41, 5.74) is 7.30. The number of nitrogens with one attached hydrogen (secondary N) is 2. The van der Waals surface area contributed by atoms with E-state index in [1.165, 1.54) is 0 Å². The second-order valence-corrected chi connectivity index (χ2v) is 4.64. The van der Waals surface area contributed by atoms with E-state index < -0.39 is 5.54 Å². The molecule has 1 aromatic heterocycles. The highest BCUT2D eigenvalue weighted by Gasteiger charge is 2.37. The molecule has 0 atom stereocenters. The summed E-state index contributed by atoms with van der Waals surface area (Å²) < 4.78 is 0. The molecule has 88 valence electrons. The van der Waals surface area contributed by atoms with Gasteiger partial charge in [0.15, 0.2) is 5.82 Å². The molecule has 2 rings (SSSR count). The number of H-pyrrole nitrogens is 1. The van der Waals surface area contributed by atoms with Crippen molar-refractivity contribution in [2.24, 2.45) is 5.73 Å². The van der Waals surface area contributed by atoms with E-state index >= 15 is 0 Å². The minimum Gasteiger partial charge on any atom is -0.317 e. The van der Waals surface area contributed by atoms with Gasteiger partial charge in [-0.05, 0) is 26.7 Å². The normalized spacial score (nSPS) is 18.7. The molecule has 0 radical (unpaired) electrons. The van der Waals surface area contributed by atoms with Crippen LogP contribution in [0.25, 0.3) is 0 Å². The minimum absolute atomic E-state index is 0.111. The third-order valence-electron chi connectivity index (χ3n) is 3.43. The van der Waals surface area contributed by atoms with Crippen LogP contribution < -0.4 is 11.1 Å². The average Bonchev–Trinajstić information content (AvgIpc) is 2.81. The zero-order chi connectivity index (χ0) is 11.8. The van der Waals surface area contributed by atoms with Gasteiger partial charge in [0, 0.05) is 11.3 Å². The third-order valence-corrected chi connectivity index (χ3v) is 3.43. The number of hydrogen-bond acceptors (Lipinski definition) is 3. The molecule has 16 heavy (non-hydrogen) atoms. The number of anilines is 1. The Bertz CT molecular complexity index is 404. The van der Waals surface area contributed by atoms with Gasteiger partial charge in [-0.15, -0.1) is 0 Å². The molecule has 1 aliphatic rings. The van der Waals surface area contributed by atoms with Crippen molar-refractivity contribution in [1.82, 2.24) is 10.2 Å². The fraction of sp³-hybridized carbons (Fsp3) is 0.636. The van der Waals surface area contributed by atoms with E-state index in [0.717, 1.165) is 36.9 Å². The van der Waals surface area contributed by atoms with Crippen molar-refractivity contribution in [2.45, 2.75) is 45.1 Å². The van der Waals surface area contributed by atoms with Crippen LogP contribution in [0, 0.1) is 13.8 Å². The second kappa shape index (κ2) is 3.90. The highest BCUT2D eigenvalue weighted by Crippen LogP contribution is 2.28. The summed E-state index contributed by atoms with van der Waals surface area (Å²) in [7, 11) is 0. The Labute approximate surface area is 94.8 Å². The summed E-state index contributed by atoms with van der Waals surface area (Å²) in [6.07, 6.45) is 3.59. The maximum absolute atomic E-state index is 12.0. The van der Waals surface area contributed by atoms with Crippen LogP contribution in [0.3, 0.4) is 0 Å². The number of aromatic nitrogens is 2. The number of rotatable bonds is 2. The van der Waals surface area contributed by atoms with Gasteiger partial charge in [-0.1, -0.05) is 12.8 Å². The molecule has 1 fully saturated rings. The zero-order valence-electron chi connectivity index (χ0n) is 9.76. The lowest BCUT2D eigenvalue weighted by molar-refractivity contribution is -0.121. The maximum Gasteiger partial charge on any atom is 0.245 e. The van der Waals surface area contributed by atoms with E-state index in [9.17, 15) is 4.79 Å². The predicted molar refractivity (Wildman–Crippen MR) is 62.1 cm³/mol. The first-order valence-corrected chi connectivity index (χ1v) is 5.65. The van der Waals surface area contributed by atoms with Crippen LogP contribution in [0.1, 0.15) is 36.9 Å². The van der Waals surface area contributed by atoms with Crippen molar-refractivity contribution in [1.29, 1.82) is 0 Å². The van der Waals surface area contributed by atoms with Gasteiger partial charge in [-0.2, -0.15) is 5.10 Å². The molecule has 4 N–H and O–H groups in total. The molecule has 0 saturated heterocycles. The van der Waals surface area contributed by atoms with Gasteiger partial charge in [-0.25, -0.2) is 0 Å². The van der Waals surface area contributed by atoms with Crippen LogP contribution >= 0.6 is 0 Å². The van der Waals surface area contributed by atoms with Gasteiger partial charge >= 0.3 is 0 Å². The first-order valence-electron chi connectivity index (χ1n) is 5.65. The molecule has 1 saturated carbocycles. The maximum atomic E-state index is 12.0. The topological polar surface area (TPSA) is 83.8 Å². The van der Waals surface area contributed by atoms with Gasteiger partial charge in [0.25, 0.3) is 0 Å². The highest BCUT2D eigenvalue weighted by atomic mass is 16.2. The SMILES string of the molecule is Cc1[nH]nc(NC(=O)C2(N)CCCC2)c1C. The quantitative estimate of drug-likeness (QED) is 0.703. The first-order chi connectivity index (χ1) is 7.53. The van der Waals surface area contributed by atoms with E-state index in [0.29, 0.717) is 5.82 Å². The Morgan fingerprint density at radius 1 is 1.44 bits per heavy atom. The van der Waals surface area contributed by atoms with Crippen LogP contribution in [-0.2, 0) is 4.79 Å². The van der Waals surface area contributed by atoms with Gasteiger partial charge in [-0.3, -0.25) is 9.89 Å². The average molecular weight is 222 g/mol. The number of hydrogen-bond donors (Lipinski definition) is 3. The van der Waals surface area contributed by atoms with Gasteiger partial charge in [0.1, 0.15) is 0 Å². The number of carbonyl (C=O) groups excluding carboxylic acids is 1. The summed E-state index contributed by atoms with van der Waals surface area (Å²) in [6, 6.07) is 0. The van der Waals surface area contributed by atoms with Crippen LogP contribution in [0.2, 0.25) is 0 Å². The fourth-order valence-corrected chi connectivity index (χ4v) is 2.07. The lowest BCUT2D eigenvalue weighted by Gasteiger charge is -2.21. The Hall–Kier alpha value is -1.36. The lowest BCUT2D eigenvalue weighted by atomic mass is 9.98. The number of amides is 1. The molecule has 1 heterocycles. The summed E-state index contributed by atoms with van der Waals surface area (Å²) in [5.74, 6) is 0.485. The molecular formula is C11H18N4O. The highest BCUT2D eigenvalue weighted by molar-refractivity contribution is 5.98. The number of nitrogens with two attached hydrogens (primary N) is 1. The molecule has 1 amide bonds. The molecule has 0 unspecified atom stereocenters. The van der Waals surface area contributed by atoms with Crippen molar-refractivity contribution in [3.63, 3.8) is 0 Å². The molecule has 5 heteroatoms. The minimum atomic E-state index is -0.695. The largest absolute Gasteiger partial charge is 0.317 e. The van der Waals surface area contributed by atoms with Crippen LogP contribution in [0.4, 0.5) is 5.82 Å². The van der Waals surface area contributed by atoms with Crippen LogP contribution in [0.15, 0.2) is 0 Å². The Balaban J connectivity index is 2.10. The zero-order valence-corrected chi connectivity index (χ0v) is 9.76. The predicted octanol–water partition coefficient (Wildman–Crippen LogP) is 1.24. The number of aryl methyl sites for hydroxylation is 1. The molecule has 1 aliphatic carbocycles. The summed E-state index contributed by atoms with van der Waals surface area (Å²) >= 11 is 0.